The molecule has 0 spiro atoms. The van der Waals surface area contributed by atoms with E-state index in [2.05, 4.69) is 15.4 Å². The van der Waals surface area contributed by atoms with E-state index in [9.17, 15) is 4.79 Å². The molecule has 96 valence electrons. The van der Waals surface area contributed by atoms with E-state index in [-0.39, 0.29) is 11.9 Å². The number of rotatable bonds is 4. The normalized spacial score (nSPS) is 12.4. The van der Waals surface area contributed by atoms with Crippen molar-refractivity contribution in [1.82, 2.24) is 20.1 Å². The van der Waals surface area contributed by atoms with E-state index in [1.807, 2.05) is 6.92 Å². The summed E-state index contributed by atoms with van der Waals surface area (Å²) in [6.45, 7) is 1.99. The summed E-state index contributed by atoms with van der Waals surface area (Å²) in [4.78, 5) is 16.8. The number of thiophene rings is 1. The number of nitrogens with one attached hydrogen (secondary N) is 1. The predicted octanol–water partition coefficient (Wildman–Crippen LogP) is 2.41. The molecule has 0 aliphatic rings. The Kier molecular flexibility index (Phi) is 3.98. The summed E-state index contributed by atoms with van der Waals surface area (Å²) >= 11 is 7.07. The Labute approximate surface area is 114 Å². The van der Waals surface area contributed by atoms with E-state index in [1.54, 1.807) is 23.9 Å². The smallest absolute Gasteiger partial charge is 0.261 e. The molecule has 7 heteroatoms. The van der Waals surface area contributed by atoms with Gasteiger partial charge in [0.15, 0.2) is 0 Å². The second-order valence-corrected chi connectivity index (χ2v) is 5.49. The molecule has 0 bridgehead atoms. The van der Waals surface area contributed by atoms with Gasteiger partial charge in [-0.3, -0.25) is 9.48 Å². The van der Waals surface area contributed by atoms with Crippen LogP contribution >= 0.6 is 22.9 Å². The van der Waals surface area contributed by atoms with E-state index < -0.39 is 0 Å². The molecule has 0 aliphatic carbocycles. The number of carbonyl (C=O) groups is 1. The molecule has 0 aromatic carbocycles. The molecule has 18 heavy (non-hydrogen) atoms. The van der Waals surface area contributed by atoms with Crippen LogP contribution in [-0.4, -0.2) is 20.7 Å². The Morgan fingerprint density at radius 2 is 2.39 bits per heavy atom. The molecule has 1 amide bonds. The summed E-state index contributed by atoms with van der Waals surface area (Å²) in [7, 11) is 1.80. The van der Waals surface area contributed by atoms with Gasteiger partial charge in [-0.15, -0.1) is 11.3 Å². The first-order valence-electron chi connectivity index (χ1n) is 5.52. The number of amides is 1. The molecule has 0 radical (unpaired) electrons. The minimum Gasteiger partial charge on any atom is -0.341 e. The summed E-state index contributed by atoms with van der Waals surface area (Å²) in [5.41, 5.74) is 0. The highest BCUT2D eigenvalue weighted by molar-refractivity contribution is 7.17. The lowest BCUT2D eigenvalue weighted by atomic mass is 10.2. The van der Waals surface area contributed by atoms with E-state index in [0.29, 0.717) is 9.21 Å². The lowest BCUT2D eigenvalue weighted by molar-refractivity contribution is 0.0937. The quantitative estimate of drug-likeness (QED) is 0.938. The van der Waals surface area contributed by atoms with Crippen LogP contribution in [0, 0.1) is 0 Å². The molecular formula is C11H13ClN4OS. The molecule has 0 fully saturated rings. The lowest BCUT2D eigenvalue weighted by Crippen LogP contribution is -2.29. The van der Waals surface area contributed by atoms with Gasteiger partial charge in [0.25, 0.3) is 5.91 Å². The van der Waals surface area contributed by atoms with Gasteiger partial charge in [0, 0.05) is 7.05 Å². The predicted molar refractivity (Wildman–Crippen MR) is 70.8 cm³/mol. The van der Waals surface area contributed by atoms with Crippen molar-refractivity contribution in [2.45, 2.75) is 19.4 Å². The average Bonchev–Trinajstić information content (AvgIpc) is 2.95. The van der Waals surface area contributed by atoms with Crippen LogP contribution < -0.4 is 5.32 Å². The van der Waals surface area contributed by atoms with Crippen LogP contribution in [0.15, 0.2) is 18.5 Å². The summed E-state index contributed by atoms with van der Waals surface area (Å²) in [5, 5.41) is 6.93. The molecule has 2 heterocycles. The zero-order valence-electron chi connectivity index (χ0n) is 10.1. The molecular weight excluding hydrogens is 272 g/mol. The van der Waals surface area contributed by atoms with Crippen LogP contribution in [0.1, 0.15) is 34.9 Å². The minimum absolute atomic E-state index is 0.137. The van der Waals surface area contributed by atoms with Gasteiger partial charge in [-0.2, -0.15) is 5.10 Å². The van der Waals surface area contributed by atoms with E-state index in [1.165, 1.54) is 17.7 Å². The molecule has 5 nitrogen and oxygen atoms in total. The monoisotopic (exact) mass is 284 g/mol. The third kappa shape index (κ3) is 2.70. The maximum Gasteiger partial charge on any atom is 0.261 e. The van der Waals surface area contributed by atoms with Gasteiger partial charge in [0.1, 0.15) is 12.2 Å². The van der Waals surface area contributed by atoms with Gasteiger partial charge in [-0.05, 0) is 18.6 Å². The molecule has 2 aromatic rings. The van der Waals surface area contributed by atoms with Gasteiger partial charge in [0.05, 0.1) is 15.3 Å². The molecule has 0 aliphatic heterocycles. The Morgan fingerprint density at radius 1 is 1.61 bits per heavy atom. The van der Waals surface area contributed by atoms with E-state index in [0.717, 1.165) is 12.2 Å². The second-order valence-electron chi connectivity index (χ2n) is 3.78. The van der Waals surface area contributed by atoms with Crippen molar-refractivity contribution in [2.24, 2.45) is 7.05 Å². The number of aryl methyl sites for hydroxylation is 1. The van der Waals surface area contributed by atoms with Crippen molar-refractivity contribution >= 4 is 28.8 Å². The standard InChI is InChI=1S/C11H13ClN4OS/c1-3-7(10-13-6-14-16(10)2)15-11(17)8-4-5-9(12)18-8/h4-7H,3H2,1-2H3,(H,15,17). The van der Waals surface area contributed by atoms with E-state index >= 15 is 0 Å². The SMILES string of the molecule is CCC(NC(=O)c1ccc(Cl)s1)c1ncnn1C. The molecule has 0 saturated carbocycles. The fraction of sp³-hybridized carbons (Fsp3) is 0.364. The molecule has 1 atom stereocenters. The third-order valence-corrected chi connectivity index (χ3v) is 3.80. The van der Waals surface area contributed by atoms with Crippen molar-refractivity contribution in [3.05, 3.63) is 33.5 Å². The van der Waals surface area contributed by atoms with Crippen molar-refractivity contribution in [3.8, 4) is 0 Å². The van der Waals surface area contributed by atoms with Gasteiger partial charge in [0.2, 0.25) is 0 Å². The highest BCUT2D eigenvalue weighted by atomic mass is 35.5. The minimum atomic E-state index is -0.147. The summed E-state index contributed by atoms with van der Waals surface area (Å²) in [5.74, 6) is 0.607. The zero-order chi connectivity index (χ0) is 13.1. The van der Waals surface area contributed by atoms with Crippen LogP contribution in [0.3, 0.4) is 0 Å². The maximum atomic E-state index is 12.0. The van der Waals surface area contributed by atoms with Gasteiger partial charge in [-0.25, -0.2) is 4.98 Å². The van der Waals surface area contributed by atoms with Crippen LogP contribution in [0.25, 0.3) is 0 Å². The topological polar surface area (TPSA) is 59.8 Å². The molecule has 0 saturated heterocycles. The first-order chi connectivity index (χ1) is 8.61. The van der Waals surface area contributed by atoms with Gasteiger partial charge >= 0.3 is 0 Å². The van der Waals surface area contributed by atoms with Gasteiger partial charge < -0.3 is 5.32 Å². The van der Waals surface area contributed by atoms with E-state index in [4.69, 9.17) is 11.6 Å². The second kappa shape index (κ2) is 5.49. The number of aromatic nitrogens is 3. The third-order valence-electron chi connectivity index (χ3n) is 2.57. The highest BCUT2D eigenvalue weighted by Gasteiger charge is 2.18. The lowest BCUT2D eigenvalue weighted by Gasteiger charge is -2.15. The fourth-order valence-electron chi connectivity index (χ4n) is 1.64. The number of hydrogen-bond acceptors (Lipinski definition) is 4. The molecule has 1 N–H and O–H groups in total. The summed E-state index contributed by atoms with van der Waals surface area (Å²) in [6, 6.07) is 3.28. The fourth-order valence-corrected chi connectivity index (χ4v) is 2.58. The highest BCUT2D eigenvalue weighted by Crippen LogP contribution is 2.22. The largest absolute Gasteiger partial charge is 0.341 e. The van der Waals surface area contributed by atoms with Crippen molar-refractivity contribution < 1.29 is 4.79 Å². The molecule has 2 rings (SSSR count). The Morgan fingerprint density at radius 3 is 2.89 bits per heavy atom. The number of carbonyl (C=O) groups excluding carboxylic acids is 1. The van der Waals surface area contributed by atoms with Crippen LogP contribution in [0.4, 0.5) is 0 Å². The zero-order valence-corrected chi connectivity index (χ0v) is 11.6. The Hall–Kier alpha value is -1.40. The number of nitrogens with zero attached hydrogens (tertiary/aromatic N) is 3. The maximum absolute atomic E-state index is 12.0. The first-order valence-corrected chi connectivity index (χ1v) is 6.71. The Bertz CT molecular complexity index is 551. The van der Waals surface area contributed by atoms with Crippen molar-refractivity contribution in [2.75, 3.05) is 0 Å². The average molecular weight is 285 g/mol. The molecule has 1 unspecified atom stereocenters. The van der Waals surface area contributed by atoms with Crippen LogP contribution in [0.2, 0.25) is 4.34 Å². The molecule has 2 aromatic heterocycles. The van der Waals surface area contributed by atoms with Crippen LogP contribution in [0.5, 0.6) is 0 Å². The van der Waals surface area contributed by atoms with Crippen molar-refractivity contribution in [3.63, 3.8) is 0 Å². The summed E-state index contributed by atoms with van der Waals surface area (Å²) < 4.78 is 2.27. The number of hydrogen-bond donors (Lipinski definition) is 1. The van der Waals surface area contributed by atoms with Crippen LogP contribution in [-0.2, 0) is 7.05 Å². The van der Waals surface area contributed by atoms with Crippen molar-refractivity contribution in [1.29, 1.82) is 0 Å². The first kappa shape index (κ1) is 13.0. The Balaban J connectivity index is 2.12. The summed E-state index contributed by atoms with van der Waals surface area (Å²) in [6.07, 6.45) is 2.23. The van der Waals surface area contributed by atoms with Gasteiger partial charge in [-0.1, -0.05) is 18.5 Å². The number of halogens is 1.